The minimum Gasteiger partial charge on any atom is -0.340 e. The molecule has 1 amide bonds. The van der Waals surface area contributed by atoms with Gasteiger partial charge in [-0.25, -0.2) is 0 Å². The van der Waals surface area contributed by atoms with Crippen molar-refractivity contribution < 1.29 is 9.32 Å². The zero-order valence-corrected chi connectivity index (χ0v) is 18.1. The molecular weight excluding hydrogens is 401 g/mol. The summed E-state index contributed by atoms with van der Waals surface area (Å²) in [4.78, 5) is 21.1. The summed E-state index contributed by atoms with van der Waals surface area (Å²) in [5.74, 6) is 1.19. The van der Waals surface area contributed by atoms with Gasteiger partial charge in [0.1, 0.15) is 0 Å². The van der Waals surface area contributed by atoms with Gasteiger partial charge in [0, 0.05) is 37.8 Å². The van der Waals surface area contributed by atoms with E-state index in [0.717, 1.165) is 18.7 Å². The summed E-state index contributed by atoms with van der Waals surface area (Å²) in [6.45, 7) is 8.78. The first-order valence-electron chi connectivity index (χ1n) is 9.15. The average molecular weight is 430 g/mol. The Morgan fingerprint density at radius 3 is 2.25 bits per heavy atom. The molecule has 2 aromatic rings. The number of carbonyl (C=O) groups excluding carboxylic acids is 1. The summed E-state index contributed by atoms with van der Waals surface area (Å²) in [5.41, 5.74) is 6.80. The topological polar surface area (TPSA) is 88.5 Å². The second kappa shape index (κ2) is 10.8. The first-order valence-corrected chi connectivity index (χ1v) is 9.15. The van der Waals surface area contributed by atoms with Crippen LogP contribution in [0.1, 0.15) is 32.7 Å². The van der Waals surface area contributed by atoms with Crippen LogP contribution in [-0.4, -0.2) is 58.1 Å². The van der Waals surface area contributed by atoms with Crippen molar-refractivity contribution in [2.24, 2.45) is 11.7 Å². The van der Waals surface area contributed by atoms with Crippen molar-refractivity contribution in [3.63, 3.8) is 0 Å². The molecule has 28 heavy (non-hydrogen) atoms. The molecule has 0 bridgehead atoms. The van der Waals surface area contributed by atoms with E-state index in [9.17, 15) is 4.79 Å². The van der Waals surface area contributed by atoms with Crippen LogP contribution in [0.2, 0.25) is 0 Å². The van der Waals surface area contributed by atoms with Crippen LogP contribution in [0, 0.1) is 5.92 Å². The SMILES string of the molecule is CC(N)C(C)C(=O)N1CCN(C(C)c2nc(-c3ccccc3)no2)CC1.Cl.Cl. The number of amides is 1. The van der Waals surface area contributed by atoms with Gasteiger partial charge in [0.2, 0.25) is 17.6 Å². The van der Waals surface area contributed by atoms with Gasteiger partial charge in [-0.2, -0.15) is 4.98 Å². The predicted molar refractivity (Wildman–Crippen MR) is 114 cm³/mol. The Balaban J connectivity index is 0.00000196. The van der Waals surface area contributed by atoms with Crippen LogP contribution in [0.4, 0.5) is 0 Å². The second-order valence-corrected chi connectivity index (χ2v) is 7.01. The Morgan fingerprint density at radius 2 is 1.68 bits per heavy atom. The molecule has 0 spiro atoms. The highest BCUT2D eigenvalue weighted by Gasteiger charge is 2.30. The minimum atomic E-state index is -0.150. The summed E-state index contributed by atoms with van der Waals surface area (Å²) < 4.78 is 5.48. The van der Waals surface area contributed by atoms with Gasteiger partial charge >= 0.3 is 0 Å². The number of nitrogens with two attached hydrogens (primary N) is 1. The van der Waals surface area contributed by atoms with Crippen molar-refractivity contribution in [1.29, 1.82) is 0 Å². The van der Waals surface area contributed by atoms with Crippen LogP contribution >= 0.6 is 24.8 Å². The lowest BCUT2D eigenvalue weighted by atomic mass is 10.0. The third kappa shape index (κ3) is 5.44. The smallest absolute Gasteiger partial charge is 0.244 e. The Hall–Kier alpha value is -1.67. The van der Waals surface area contributed by atoms with Gasteiger partial charge in [0.05, 0.1) is 12.0 Å². The number of halogens is 2. The molecule has 1 aromatic heterocycles. The maximum Gasteiger partial charge on any atom is 0.244 e. The number of carbonyl (C=O) groups is 1. The van der Waals surface area contributed by atoms with Crippen molar-refractivity contribution >= 4 is 30.7 Å². The van der Waals surface area contributed by atoms with Gasteiger partial charge in [-0.15, -0.1) is 24.8 Å². The zero-order valence-electron chi connectivity index (χ0n) is 16.4. The molecule has 7 nitrogen and oxygen atoms in total. The first kappa shape index (κ1) is 24.4. The molecule has 0 radical (unpaired) electrons. The molecule has 1 aliphatic heterocycles. The minimum absolute atomic E-state index is 0. The quantitative estimate of drug-likeness (QED) is 0.785. The molecular formula is C19H29Cl2N5O2. The summed E-state index contributed by atoms with van der Waals surface area (Å²) in [5, 5.41) is 4.10. The van der Waals surface area contributed by atoms with E-state index in [-0.39, 0.29) is 48.7 Å². The highest BCUT2D eigenvalue weighted by Crippen LogP contribution is 2.23. The van der Waals surface area contributed by atoms with Crippen LogP contribution in [0.15, 0.2) is 34.9 Å². The fourth-order valence-electron chi connectivity index (χ4n) is 3.11. The molecule has 0 aliphatic carbocycles. The Morgan fingerprint density at radius 1 is 1.07 bits per heavy atom. The van der Waals surface area contributed by atoms with Gasteiger partial charge < -0.3 is 15.2 Å². The molecule has 0 saturated carbocycles. The van der Waals surface area contributed by atoms with Crippen LogP contribution < -0.4 is 5.73 Å². The molecule has 1 saturated heterocycles. The number of hydrogen-bond donors (Lipinski definition) is 1. The summed E-state index contributed by atoms with van der Waals surface area (Å²) in [6, 6.07) is 9.67. The van der Waals surface area contributed by atoms with E-state index < -0.39 is 0 Å². The lowest BCUT2D eigenvalue weighted by Crippen LogP contribution is -2.52. The fraction of sp³-hybridized carbons (Fsp3) is 0.526. The van der Waals surface area contributed by atoms with Gasteiger partial charge in [0.15, 0.2) is 0 Å². The molecule has 3 unspecified atom stereocenters. The number of piperazine rings is 1. The third-order valence-electron chi connectivity index (χ3n) is 5.18. The van der Waals surface area contributed by atoms with Crippen LogP contribution in [0.25, 0.3) is 11.4 Å². The summed E-state index contributed by atoms with van der Waals surface area (Å²) in [7, 11) is 0. The van der Waals surface area contributed by atoms with Crippen molar-refractivity contribution in [2.75, 3.05) is 26.2 Å². The second-order valence-electron chi connectivity index (χ2n) is 7.01. The van der Waals surface area contributed by atoms with E-state index in [1.165, 1.54) is 0 Å². The van der Waals surface area contributed by atoms with Crippen LogP contribution in [-0.2, 0) is 4.79 Å². The normalized spacial score (nSPS) is 17.8. The van der Waals surface area contributed by atoms with Gasteiger partial charge in [-0.1, -0.05) is 42.4 Å². The molecule has 1 aromatic carbocycles. The molecule has 3 atom stereocenters. The van der Waals surface area contributed by atoms with Crippen LogP contribution in [0.3, 0.4) is 0 Å². The van der Waals surface area contributed by atoms with E-state index in [2.05, 4.69) is 22.0 Å². The Bertz CT molecular complexity index is 733. The number of rotatable bonds is 5. The Kier molecular flexibility index (Phi) is 9.36. The third-order valence-corrected chi connectivity index (χ3v) is 5.18. The van der Waals surface area contributed by atoms with E-state index >= 15 is 0 Å². The molecule has 1 fully saturated rings. The average Bonchev–Trinajstić information content (AvgIpc) is 3.17. The van der Waals surface area contributed by atoms with Crippen molar-refractivity contribution in [3.05, 3.63) is 36.2 Å². The predicted octanol–water partition coefficient (Wildman–Crippen LogP) is 2.77. The number of nitrogens with zero attached hydrogens (tertiary/aromatic N) is 4. The molecule has 156 valence electrons. The Labute approximate surface area is 178 Å². The zero-order chi connectivity index (χ0) is 18.7. The standard InChI is InChI=1S/C19H27N5O2.2ClH/c1-13(14(2)20)19(25)24-11-9-23(10-12-24)15(3)18-21-17(22-26-18)16-7-5-4-6-8-16;;/h4-8,13-15H,9-12,20H2,1-3H3;2*1H. The van der Waals surface area contributed by atoms with Gasteiger partial charge in [-0.05, 0) is 13.8 Å². The molecule has 3 rings (SSSR count). The number of aromatic nitrogens is 2. The highest BCUT2D eigenvalue weighted by atomic mass is 35.5. The lowest BCUT2D eigenvalue weighted by Gasteiger charge is -2.38. The largest absolute Gasteiger partial charge is 0.340 e. The van der Waals surface area contributed by atoms with Crippen LogP contribution in [0.5, 0.6) is 0 Å². The van der Waals surface area contributed by atoms with Gasteiger partial charge in [0.25, 0.3) is 0 Å². The molecule has 1 aliphatic rings. The molecule has 2 heterocycles. The van der Waals surface area contributed by atoms with Crippen molar-refractivity contribution in [3.8, 4) is 11.4 Å². The van der Waals surface area contributed by atoms with E-state index in [4.69, 9.17) is 10.3 Å². The van der Waals surface area contributed by atoms with Crippen molar-refractivity contribution in [1.82, 2.24) is 19.9 Å². The maximum absolute atomic E-state index is 12.4. The lowest BCUT2D eigenvalue weighted by molar-refractivity contribution is -0.137. The first-order chi connectivity index (χ1) is 12.5. The molecule has 9 heteroatoms. The highest BCUT2D eigenvalue weighted by molar-refractivity contribution is 5.85. The fourth-order valence-corrected chi connectivity index (χ4v) is 3.11. The summed E-state index contributed by atoms with van der Waals surface area (Å²) in [6.07, 6.45) is 0. The van der Waals surface area contributed by atoms with E-state index in [0.29, 0.717) is 24.8 Å². The summed E-state index contributed by atoms with van der Waals surface area (Å²) >= 11 is 0. The number of hydrogen-bond acceptors (Lipinski definition) is 6. The maximum atomic E-state index is 12.4. The van der Waals surface area contributed by atoms with Gasteiger partial charge in [-0.3, -0.25) is 9.69 Å². The van der Waals surface area contributed by atoms with E-state index in [1.54, 1.807) is 0 Å². The van der Waals surface area contributed by atoms with Crippen molar-refractivity contribution in [2.45, 2.75) is 32.9 Å². The monoisotopic (exact) mass is 429 g/mol. The van der Waals surface area contributed by atoms with E-state index in [1.807, 2.05) is 49.1 Å². The number of benzene rings is 1. The molecule has 2 N–H and O–H groups in total.